The Hall–Kier alpha value is -0.980. The van der Waals surface area contributed by atoms with Crippen LogP contribution in [0.25, 0.3) is 0 Å². The highest BCUT2D eigenvalue weighted by molar-refractivity contribution is 5.27. The SMILES string of the molecule is CC1CCC(CCc2ccc(OC3CCC(C)CC3)cc2)CC1. The van der Waals surface area contributed by atoms with Gasteiger partial charge in [-0.1, -0.05) is 51.7 Å². The van der Waals surface area contributed by atoms with E-state index >= 15 is 0 Å². The molecule has 2 saturated carbocycles. The molecule has 1 heteroatoms. The first-order valence-corrected chi connectivity index (χ1v) is 9.94. The zero-order valence-electron chi connectivity index (χ0n) is 15.1. The second-order valence-electron chi connectivity index (χ2n) is 8.31. The van der Waals surface area contributed by atoms with E-state index in [1.807, 2.05) is 0 Å². The Morgan fingerprint density at radius 1 is 0.783 bits per heavy atom. The van der Waals surface area contributed by atoms with E-state index < -0.39 is 0 Å². The van der Waals surface area contributed by atoms with Gasteiger partial charge in [0.05, 0.1) is 6.10 Å². The highest BCUT2D eigenvalue weighted by atomic mass is 16.5. The van der Waals surface area contributed by atoms with Gasteiger partial charge < -0.3 is 4.74 Å². The molecule has 3 rings (SSSR count). The maximum atomic E-state index is 6.16. The van der Waals surface area contributed by atoms with Crippen molar-refractivity contribution in [3.05, 3.63) is 29.8 Å². The Labute approximate surface area is 142 Å². The van der Waals surface area contributed by atoms with Crippen molar-refractivity contribution in [2.24, 2.45) is 17.8 Å². The van der Waals surface area contributed by atoms with Gasteiger partial charge >= 0.3 is 0 Å². The summed E-state index contributed by atoms with van der Waals surface area (Å²) in [5.41, 5.74) is 1.48. The minimum atomic E-state index is 0.446. The van der Waals surface area contributed by atoms with Crippen LogP contribution in [0.15, 0.2) is 24.3 Å². The van der Waals surface area contributed by atoms with Gasteiger partial charge in [0.25, 0.3) is 0 Å². The second kappa shape index (κ2) is 8.22. The lowest BCUT2D eigenvalue weighted by molar-refractivity contribution is 0.135. The van der Waals surface area contributed by atoms with Crippen LogP contribution in [0.3, 0.4) is 0 Å². The van der Waals surface area contributed by atoms with Crippen molar-refractivity contribution in [3.8, 4) is 5.75 Å². The molecule has 0 aromatic heterocycles. The Kier molecular flexibility index (Phi) is 6.02. The lowest BCUT2D eigenvalue weighted by atomic mass is 9.80. The minimum Gasteiger partial charge on any atom is -0.490 e. The molecule has 2 fully saturated rings. The first kappa shape index (κ1) is 16.9. The van der Waals surface area contributed by atoms with Crippen LogP contribution in [0.4, 0.5) is 0 Å². The Morgan fingerprint density at radius 2 is 1.35 bits per heavy atom. The molecule has 2 aliphatic carbocycles. The average molecular weight is 315 g/mol. The number of aryl methyl sites for hydroxylation is 1. The smallest absolute Gasteiger partial charge is 0.119 e. The molecule has 1 aromatic rings. The van der Waals surface area contributed by atoms with Crippen LogP contribution in [0.1, 0.15) is 77.2 Å². The number of rotatable bonds is 5. The highest BCUT2D eigenvalue weighted by Crippen LogP contribution is 2.31. The second-order valence-corrected chi connectivity index (χ2v) is 8.31. The van der Waals surface area contributed by atoms with Gasteiger partial charge in [0.2, 0.25) is 0 Å². The molecule has 2 aliphatic rings. The lowest BCUT2D eigenvalue weighted by Gasteiger charge is -2.27. The molecule has 0 bridgehead atoms. The van der Waals surface area contributed by atoms with E-state index in [9.17, 15) is 0 Å². The van der Waals surface area contributed by atoms with Crippen LogP contribution in [0.2, 0.25) is 0 Å². The van der Waals surface area contributed by atoms with Crippen LogP contribution in [-0.4, -0.2) is 6.10 Å². The maximum Gasteiger partial charge on any atom is 0.119 e. The minimum absolute atomic E-state index is 0.446. The number of benzene rings is 1. The van der Waals surface area contributed by atoms with Gasteiger partial charge in [-0.3, -0.25) is 0 Å². The standard InChI is InChI=1S/C22H34O/c1-17-3-7-19(8-4-17)9-10-20-11-15-22(16-12-20)23-21-13-5-18(2)6-14-21/h11-12,15-19,21H,3-10,13-14H2,1-2H3. The Bertz CT molecular complexity index is 447. The van der Waals surface area contributed by atoms with E-state index in [-0.39, 0.29) is 0 Å². The van der Waals surface area contributed by atoms with E-state index in [4.69, 9.17) is 4.74 Å². The predicted octanol–water partition coefficient (Wildman–Crippen LogP) is 6.40. The molecule has 0 unspecified atom stereocenters. The molecule has 1 aromatic carbocycles. The largest absolute Gasteiger partial charge is 0.490 e. The lowest BCUT2D eigenvalue weighted by Crippen LogP contribution is -2.22. The van der Waals surface area contributed by atoms with E-state index in [1.54, 1.807) is 0 Å². The van der Waals surface area contributed by atoms with Crippen molar-refractivity contribution >= 4 is 0 Å². The molecule has 0 saturated heterocycles. The molecular weight excluding hydrogens is 280 g/mol. The summed E-state index contributed by atoms with van der Waals surface area (Å²) >= 11 is 0. The van der Waals surface area contributed by atoms with Crippen LogP contribution in [0.5, 0.6) is 5.75 Å². The van der Waals surface area contributed by atoms with Crippen LogP contribution in [-0.2, 0) is 6.42 Å². The van der Waals surface area contributed by atoms with Gasteiger partial charge in [-0.25, -0.2) is 0 Å². The third kappa shape index (κ3) is 5.26. The monoisotopic (exact) mass is 314 g/mol. The number of ether oxygens (including phenoxy) is 1. The molecule has 1 nitrogen and oxygen atoms in total. The van der Waals surface area contributed by atoms with Gasteiger partial charge in [0.15, 0.2) is 0 Å². The fraction of sp³-hybridized carbons (Fsp3) is 0.727. The molecule has 0 heterocycles. The first-order valence-electron chi connectivity index (χ1n) is 9.94. The van der Waals surface area contributed by atoms with Crippen molar-refractivity contribution in [1.29, 1.82) is 0 Å². The third-order valence-corrected chi connectivity index (χ3v) is 6.17. The van der Waals surface area contributed by atoms with Crippen LogP contribution >= 0.6 is 0 Å². The highest BCUT2D eigenvalue weighted by Gasteiger charge is 2.20. The van der Waals surface area contributed by atoms with Crippen LogP contribution < -0.4 is 4.74 Å². The topological polar surface area (TPSA) is 9.23 Å². The van der Waals surface area contributed by atoms with Gasteiger partial charge in [0.1, 0.15) is 5.75 Å². The Morgan fingerprint density at radius 3 is 1.96 bits per heavy atom. The normalized spacial score (nSPS) is 31.7. The third-order valence-electron chi connectivity index (χ3n) is 6.17. The maximum absolute atomic E-state index is 6.16. The summed E-state index contributed by atoms with van der Waals surface area (Å²) in [5, 5.41) is 0. The van der Waals surface area contributed by atoms with Gasteiger partial charge in [-0.15, -0.1) is 0 Å². The van der Waals surface area contributed by atoms with E-state index in [1.165, 1.54) is 69.8 Å². The van der Waals surface area contributed by atoms with E-state index in [0.29, 0.717) is 6.10 Å². The number of hydrogen-bond donors (Lipinski definition) is 0. The fourth-order valence-electron chi connectivity index (χ4n) is 4.26. The first-order chi connectivity index (χ1) is 11.2. The van der Waals surface area contributed by atoms with Crippen LogP contribution in [0, 0.1) is 17.8 Å². The fourth-order valence-corrected chi connectivity index (χ4v) is 4.26. The molecule has 0 aliphatic heterocycles. The van der Waals surface area contributed by atoms with Crippen molar-refractivity contribution < 1.29 is 4.74 Å². The molecule has 23 heavy (non-hydrogen) atoms. The average Bonchev–Trinajstić information content (AvgIpc) is 2.58. The molecular formula is C22H34O. The summed E-state index contributed by atoms with van der Waals surface area (Å²) in [6.45, 7) is 4.76. The van der Waals surface area contributed by atoms with Crippen molar-refractivity contribution in [2.75, 3.05) is 0 Å². The summed E-state index contributed by atoms with van der Waals surface area (Å²) in [4.78, 5) is 0. The van der Waals surface area contributed by atoms with Gasteiger partial charge in [0, 0.05) is 0 Å². The summed E-state index contributed by atoms with van der Waals surface area (Å²) < 4.78 is 6.16. The summed E-state index contributed by atoms with van der Waals surface area (Å²) in [6, 6.07) is 8.95. The summed E-state index contributed by atoms with van der Waals surface area (Å²) in [6.07, 6.45) is 13.9. The Balaban J connectivity index is 1.42. The molecule has 128 valence electrons. The van der Waals surface area contributed by atoms with Crippen molar-refractivity contribution in [2.45, 2.75) is 84.2 Å². The molecule has 0 amide bonds. The quantitative estimate of drug-likeness (QED) is 0.610. The van der Waals surface area contributed by atoms with E-state index in [2.05, 4.69) is 38.1 Å². The van der Waals surface area contributed by atoms with Gasteiger partial charge in [-0.05, 0) is 74.0 Å². The van der Waals surface area contributed by atoms with E-state index in [0.717, 1.165) is 23.5 Å². The molecule has 0 N–H and O–H groups in total. The molecule has 0 atom stereocenters. The van der Waals surface area contributed by atoms with Crippen molar-refractivity contribution in [3.63, 3.8) is 0 Å². The van der Waals surface area contributed by atoms with Gasteiger partial charge in [-0.2, -0.15) is 0 Å². The summed E-state index contributed by atoms with van der Waals surface area (Å²) in [5.74, 6) is 3.89. The molecule has 0 spiro atoms. The van der Waals surface area contributed by atoms with Crippen molar-refractivity contribution in [1.82, 2.24) is 0 Å². The summed E-state index contributed by atoms with van der Waals surface area (Å²) in [7, 11) is 0. The predicted molar refractivity (Wildman–Crippen MR) is 97.9 cm³/mol. The molecule has 0 radical (unpaired) electrons. The number of hydrogen-bond acceptors (Lipinski definition) is 1. The zero-order chi connectivity index (χ0) is 16.1. The zero-order valence-corrected chi connectivity index (χ0v) is 15.1.